The van der Waals surface area contributed by atoms with Crippen LogP contribution < -0.4 is 21.6 Å². The van der Waals surface area contributed by atoms with Crippen molar-refractivity contribution in [2.24, 2.45) is 11.3 Å². The quantitative estimate of drug-likeness (QED) is 0.105. The Morgan fingerprint density at radius 2 is 1.91 bits per heavy atom. The molecule has 13 heteroatoms. The molecule has 44 heavy (non-hydrogen) atoms. The molecule has 0 spiro atoms. The summed E-state index contributed by atoms with van der Waals surface area (Å²) in [4.78, 5) is 8.24. The van der Waals surface area contributed by atoms with Gasteiger partial charge in [0.05, 0.1) is 39.3 Å². The van der Waals surface area contributed by atoms with Gasteiger partial charge in [0, 0.05) is 35.1 Å². The number of nitrogens with one attached hydrogen (secondary N) is 4. The third-order valence-electron chi connectivity index (χ3n) is 8.93. The van der Waals surface area contributed by atoms with Gasteiger partial charge in [0.1, 0.15) is 11.8 Å². The van der Waals surface area contributed by atoms with E-state index in [9.17, 15) is 22.8 Å². The number of anilines is 2. The van der Waals surface area contributed by atoms with Crippen LogP contribution in [-0.4, -0.2) is 33.2 Å². The second-order valence-corrected chi connectivity index (χ2v) is 12.3. The Labute approximate surface area is 250 Å². The number of benzene rings is 1. The molecule has 0 unspecified atom stereocenters. The maximum Gasteiger partial charge on any atom is 0.395 e. The van der Waals surface area contributed by atoms with Crippen molar-refractivity contribution < 1.29 is 22.0 Å². The summed E-state index contributed by atoms with van der Waals surface area (Å²) in [5, 5.41) is 17.9. The number of hydrazine groups is 2. The molecule has 0 amide bonds. The Hall–Kier alpha value is -4.62. The van der Waals surface area contributed by atoms with Gasteiger partial charge in [0.25, 0.3) is 0 Å². The summed E-state index contributed by atoms with van der Waals surface area (Å²) in [5.41, 5.74) is 5.44. The number of aryl methyl sites for hydroxylation is 1. The molecule has 0 radical (unpaired) electrons. The molecule has 3 fully saturated rings. The van der Waals surface area contributed by atoms with Crippen LogP contribution >= 0.6 is 0 Å². The topological polar surface area (TPSA) is 101 Å². The van der Waals surface area contributed by atoms with Gasteiger partial charge < -0.3 is 16.1 Å². The van der Waals surface area contributed by atoms with Crippen molar-refractivity contribution in [3.8, 4) is 18.4 Å². The monoisotopic (exact) mass is 608 g/mol. The number of hydrogen-bond acceptors (Lipinski definition) is 8. The van der Waals surface area contributed by atoms with Gasteiger partial charge in [-0.25, -0.2) is 4.98 Å². The van der Waals surface area contributed by atoms with E-state index in [1.807, 2.05) is 0 Å². The lowest BCUT2D eigenvalue weighted by atomic mass is 9.49. The average Bonchev–Trinajstić information content (AvgIpc) is 3.28. The Morgan fingerprint density at radius 1 is 1.18 bits per heavy atom. The predicted octanol–water partition coefficient (Wildman–Crippen LogP) is 6.10. The standard InChI is InChI=1S/C31H29F5N8/c1-5-18-14-38-25-19(13-37)8-20(9-22(25)24(18)39-15-29(3,4)31(34,35)36)41-26(21-6-7-23(32)40-16(21)2)27-28(33)44(43-42-27)30-10-17(11-30)12-30/h1,6-9,14,17,26,41-43H,10-12,15H2,2-4H3,(H,38,39)/t17?,26-,30?/m0/s1. The number of alkyl halides is 3. The average molecular weight is 609 g/mol. The van der Waals surface area contributed by atoms with Crippen molar-refractivity contribution >= 4 is 22.3 Å². The first-order chi connectivity index (χ1) is 20.8. The predicted molar refractivity (Wildman–Crippen MR) is 154 cm³/mol. The largest absolute Gasteiger partial charge is 0.395 e. The molecule has 0 saturated heterocycles. The molecule has 3 heterocycles. The Balaban J connectivity index is 1.44. The van der Waals surface area contributed by atoms with E-state index in [2.05, 4.69) is 43.6 Å². The highest BCUT2D eigenvalue weighted by Crippen LogP contribution is 2.61. The van der Waals surface area contributed by atoms with Gasteiger partial charge in [-0.1, -0.05) is 12.0 Å². The summed E-state index contributed by atoms with van der Waals surface area (Å²) >= 11 is 0. The Kier molecular flexibility index (Phi) is 6.85. The van der Waals surface area contributed by atoms with Gasteiger partial charge in [0.2, 0.25) is 11.9 Å². The fraction of sp³-hybridized carbons (Fsp3) is 0.387. The van der Waals surface area contributed by atoms with Crippen LogP contribution in [0, 0.1) is 47.9 Å². The molecule has 3 saturated carbocycles. The number of nitrogens with zero attached hydrogens (tertiary/aromatic N) is 4. The summed E-state index contributed by atoms with van der Waals surface area (Å²) in [6.07, 6.45) is 5.14. The minimum Gasteiger partial charge on any atom is -0.383 e. The van der Waals surface area contributed by atoms with Crippen LogP contribution in [-0.2, 0) is 0 Å². The molecule has 1 atom stereocenters. The van der Waals surface area contributed by atoms with Gasteiger partial charge in [-0.05, 0) is 64.2 Å². The normalized spacial score (nSPS) is 21.6. The van der Waals surface area contributed by atoms with Crippen LogP contribution in [0.1, 0.15) is 61.5 Å². The van der Waals surface area contributed by atoms with E-state index in [0.29, 0.717) is 28.2 Å². The molecule has 1 aromatic carbocycles. The van der Waals surface area contributed by atoms with Gasteiger partial charge in [-0.3, -0.25) is 9.99 Å². The highest BCUT2D eigenvalue weighted by molar-refractivity contribution is 5.99. The molecule has 1 aliphatic heterocycles. The maximum atomic E-state index is 16.1. The van der Waals surface area contributed by atoms with Crippen molar-refractivity contribution in [1.29, 1.82) is 5.26 Å². The third kappa shape index (κ3) is 4.72. The van der Waals surface area contributed by atoms with Crippen LogP contribution in [0.5, 0.6) is 0 Å². The molecule has 7 rings (SSSR count). The van der Waals surface area contributed by atoms with Crippen molar-refractivity contribution in [3.05, 3.63) is 70.4 Å². The van der Waals surface area contributed by atoms with Gasteiger partial charge >= 0.3 is 6.18 Å². The number of hydrogen-bond donors (Lipinski definition) is 4. The number of pyridine rings is 2. The summed E-state index contributed by atoms with van der Waals surface area (Å²) in [6, 6.07) is 6.92. The molecule has 3 aliphatic carbocycles. The zero-order valence-corrected chi connectivity index (χ0v) is 24.1. The fourth-order valence-electron chi connectivity index (χ4n) is 6.06. The lowest BCUT2D eigenvalue weighted by Crippen LogP contribution is -2.70. The summed E-state index contributed by atoms with van der Waals surface area (Å²) in [7, 11) is 0. The molecule has 4 aliphatic rings. The van der Waals surface area contributed by atoms with Crippen LogP contribution in [0.25, 0.3) is 10.9 Å². The number of rotatable bonds is 8. The first-order valence-corrected chi connectivity index (χ1v) is 14.0. The van der Waals surface area contributed by atoms with Crippen LogP contribution in [0.3, 0.4) is 0 Å². The first-order valence-electron chi connectivity index (χ1n) is 14.0. The highest BCUT2D eigenvalue weighted by Gasteiger charge is 2.62. The molecule has 2 bridgehead atoms. The number of aromatic nitrogens is 2. The number of halogens is 5. The molecule has 2 aromatic heterocycles. The lowest BCUT2D eigenvalue weighted by Gasteiger charge is -2.64. The van der Waals surface area contributed by atoms with E-state index < -0.39 is 36.1 Å². The van der Waals surface area contributed by atoms with Crippen LogP contribution in [0.2, 0.25) is 0 Å². The van der Waals surface area contributed by atoms with Crippen molar-refractivity contribution in [2.45, 2.75) is 57.8 Å². The maximum absolute atomic E-state index is 16.1. The molecule has 228 valence electrons. The zero-order valence-electron chi connectivity index (χ0n) is 24.1. The van der Waals surface area contributed by atoms with Crippen molar-refractivity contribution in [1.82, 2.24) is 25.9 Å². The van der Waals surface area contributed by atoms with E-state index >= 15 is 4.39 Å². The van der Waals surface area contributed by atoms with Gasteiger partial charge in [-0.15, -0.1) is 12.0 Å². The molecular formula is C31H29F5N8. The van der Waals surface area contributed by atoms with E-state index in [1.54, 1.807) is 13.0 Å². The summed E-state index contributed by atoms with van der Waals surface area (Å²) in [5.74, 6) is 1.82. The lowest BCUT2D eigenvalue weighted by molar-refractivity contribution is -0.206. The smallest absolute Gasteiger partial charge is 0.383 e. The second-order valence-electron chi connectivity index (χ2n) is 12.3. The second kappa shape index (κ2) is 10.2. The van der Waals surface area contributed by atoms with E-state index in [-0.39, 0.29) is 33.6 Å². The highest BCUT2D eigenvalue weighted by atomic mass is 19.4. The number of fused-ring (bicyclic) bond motifs is 1. The van der Waals surface area contributed by atoms with Crippen LogP contribution in [0.15, 0.2) is 42.1 Å². The number of terminal acetylenes is 1. The number of nitriles is 1. The summed E-state index contributed by atoms with van der Waals surface area (Å²) in [6.45, 7) is 3.23. The van der Waals surface area contributed by atoms with E-state index in [0.717, 1.165) is 33.1 Å². The third-order valence-corrected chi connectivity index (χ3v) is 8.93. The molecular weight excluding hydrogens is 579 g/mol. The fourth-order valence-corrected chi connectivity index (χ4v) is 6.06. The van der Waals surface area contributed by atoms with Crippen molar-refractivity contribution in [3.63, 3.8) is 0 Å². The zero-order chi connectivity index (χ0) is 31.6. The Bertz CT molecular complexity index is 1770. The molecule has 3 aromatic rings. The van der Waals surface area contributed by atoms with E-state index in [1.165, 1.54) is 29.4 Å². The Morgan fingerprint density at radius 3 is 2.50 bits per heavy atom. The van der Waals surface area contributed by atoms with E-state index in [4.69, 9.17) is 6.42 Å². The van der Waals surface area contributed by atoms with Crippen molar-refractivity contribution in [2.75, 3.05) is 17.2 Å². The SMILES string of the molecule is C#Cc1cnc2c(C#N)cc(N[C@H](C3=C(F)N(C45CC(C4)C5)NN3)c3ccc(F)nc3C)cc2c1NCC(C)(C)C(F)(F)F. The molecule has 8 nitrogen and oxygen atoms in total. The molecule has 4 N–H and O–H groups in total. The van der Waals surface area contributed by atoms with Gasteiger partial charge in [-0.2, -0.15) is 27.2 Å². The first kappa shape index (κ1) is 29.5. The minimum absolute atomic E-state index is 0.113. The summed E-state index contributed by atoms with van der Waals surface area (Å²) < 4.78 is 71.1. The van der Waals surface area contributed by atoms with Crippen LogP contribution in [0.4, 0.5) is 33.3 Å². The van der Waals surface area contributed by atoms with Gasteiger partial charge in [0.15, 0.2) is 0 Å². The minimum atomic E-state index is -4.49.